The summed E-state index contributed by atoms with van der Waals surface area (Å²) in [7, 11) is 0. The molecular formula is C12H16O3. The largest absolute Gasteiger partial charge is 0.391 e. The summed E-state index contributed by atoms with van der Waals surface area (Å²) in [5.74, 6) is 0. The highest BCUT2D eigenvalue weighted by molar-refractivity contribution is 5.13. The first-order valence-corrected chi connectivity index (χ1v) is 5.26. The highest BCUT2D eigenvalue weighted by Gasteiger charge is 2.25. The van der Waals surface area contributed by atoms with Gasteiger partial charge in [0.25, 0.3) is 0 Å². The summed E-state index contributed by atoms with van der Waals surface area (Å²) in [6.45, 7) is 1.73. The van der Waals surface area contributed by atoms with Crippen molar-refractivity contribution in [3.8, 4) is 0 Å². The van der Waals surface area contributed by atoms with Crippen molar-refractivity contribution in [1.82, 2.24) is 0 Å². The van der Waals surface area contributed by atoms with Crippen molar-refractivity contribution in [2.45, 2.75) is 25.2 Å². The summed E-state index contributed by atoms with van der Waals surface area (Å²) in [5, 5.41) is 9.53. The first kappa shape index (κ1) is 10.6. The van der Waals surface area contributed by atoms with Gasteiger partial charge >= 0.3 is 0 Å². The summed E-state index contributed by atoms with van der Waals surface area (Å²) in [6.07, 6.45) is 0.552. The van der Waals surface area contributed by atoms with Crippen LogP contribution in [0.3, 0.4) is 0 Å². The van der Waals surface area contributed by atoms with Crippen LogP contribution < -0.4 is 0 Å². The van der Waals surface area contributed by atoms with Gasteiger partial charge in [-0.15, -0.1) is 0 Å². The topological polar surface area (TPSA) is 42.0 Å². The molecule has 1 heterocycles. The fourth-order valence-electron chi connectivity index (χ4n) is 1.46. The molecule has 0 unspecified atom stereocenters. The maximum atomic E-state index is 9.53. The fraction of sp³-hybridized carbons (Fsp3) is 0.500. The molecule has 1 aromatic rings. The lowest BCUT2D eigenvalue weighted by molar-refractivity contribution is 0.0211. The molecule has 1 saturated heterocycles. The van der Waals surface area contributed by atoms with Crippen LogP contribution in [0, 0.1) is 0 Å². The number of aliphatic hydroxyl groups is 1. The van der Waals surface area contributed by atoms with Crippen molar-refractivity contribution < 1.29 is 14.6 Å². The van der Waals surface area contributed by atoms with Gasteiger partial charge in [0.15, 0.2) is 0 Å². The zero-order valence-corrected chi connectivity index (χ0v) is 8.63. The molecule has 2 rings (SSSR count). The van der Waals surface area contributed by atoms with Crippen LogP contribution in [0.5, 0.6) is 0 Å². The van der Waals surface area contributed by atoms with E-state index in [9.17, 15) is 5.11 Å². The highest BCUT2D eigenvalue weighted by Crippen LogP contribution is 2.15. The number of epoxide rings is 1. The van der Waals surface area contributed by atoms with Gasteiger partial charge in [-0.3, -0.25) is 0 Å². The van der Waals surface area contributed by atoms with Crippen molar-refractivity contribution >= 4 is 0 Å². The van der Waals surface area contributed by atoms with Gasteiger partial charge in [-0.25, -0.2) is 0 Å². The minimum atomic E-state index is -0.402. The van der Waals surface area contributed by atoms with Gasteiger partial charge in [-0.2, -0.15) is 0 Å². The van der Waals surface area contributed by atoms with E-state index < -0.39 is 6.10 Å². The van der Waals surface area contributed by atoms with Gasteiger partial charge in [0, 0.05) is 6.42 Å². The van der Waals surface area contributed by atoms with E-state index in [4.69, 9.17) is 9.47 Å². The molecule has 0 saturated carbocycles. The smallest absolute Gasteiger partial charge is 0.0835 e. The second kappa shape index (κ2) is 5.26. The molecular weight excluding hydrogens is 192 g/mol. The van der Waals surface area contributed by atoms with Crippen molar-refractivity contribution in [2.75, 3.05) is 13.2 Å². The van der Waals surface area contributed by atoms with Gasteiger partial charge in [-0.1, -0.05) is 30.3 Å². The lowest BCUT2D eigenvalue weighted by atomic mass is 10.2. The normalized spacial score (nSPS) is 21.3. The number of hydrogen-bond acceptors (Lipinski definition) is 3. The average Bonchev–Trinajstić information content (AvgIpc) is 3.03. The van der Waals surface area contributed by atoms with E-state index in [0.29, 0.717) is 19.6 Å². The van der Waals surface area contributed by atoms with Crippen LogP contribution in [0.15, 0.2) is 30.3 Å². The summed E-state index contributed by atoms with van der Waals surface area (Å²) in [6, 6.07) is 9.95. The van der Waals surface area contributed by atoms with Gasteiger partial charge in [0.05, 0.1) is 32.0 Å². The van der Waals surface area contributed by atoms with E-state index in [1.807, 2.05) is 30.3 Å². The Balaban J connectivity index is 1.61. The van der Waals surface area contributed by atoms with Crippen LogP contribution in [-0.2, 0) is 16.1 Å². The first-order chi connectivity index (χ1) is 7.34. The zero-order valence-electron chi connectivity index (χ0n) is 8.63. The number of hydrogen-bond donors (Lipinski definition) is 1. The molecule has 1 aromatic carbocycles. The molecule has 1 aliphatic heterocycles. The molecule has 0 aromatic heterocycles. The Morgan fingerprint density at radius 1 is 1.40 bits per heavy atom. The molecule has 3 heteroatoms. The second-order valence-corrected chi connectivity index (χ2v) is 3.85. The molecule has 0 aliphatic carbocycles. The lowest BCUT2D eigenvalue weighted by Crippen LogP contribution is -2.17. The van der Waals surface area contributed by atoms with Crippen LogP contribution in [0.2, 0.25) is 0 Å². The van der Waals surface area contributed by atoms with E-state index in [2.05, 4.69) is 0 Å². The van der Waals surface area contributed by atoms with Crippen LogP contribution in [0.1, 0.15) is 12.0 Å². The van der Waals surface area contributed by atoms with Gasteiger partial charge < -0.3 is 14.6 Å². The molecule has 1 fully saturated rings. The predicted molar refractivity (Wildman–Crippen MR) is 56.5 cm³/mol. The van der Waals surface area contributed by atoms with Crippen molar-refractivity contribution in [2.24, 2.45) is 0 Å². The number of rotatable bonds is 6. The molecule has 15 heavy (non-hydrogen) atoms. The molecule has 3 nitrogen and oxygen atoms in total. The Bertz CT molecular complexity index is 282. The number of aliphatic hydroxyl groups excluding tert-OH is 1. The predicted octanol–water partition coefficient (Wildman–Crippen LogP) is 1.35. The first-order valence-electron chi connectivity index (χ1n) is 5.26. The van der Waals surface area contributed by atoms with Crippen LogP contribution in [0.4, 0.5) is 0 Å². The number of benzene rings is 1. The Morgan fingerprint density at radius 3 is 2.80 bits per heavy atom. The lowest BCUT2D eigenvalue weighted by Gasteiger charge is -2.09. The van der Waals surface area contributed by atoms with Crippen LogP contribution in [0.25, 0.3) is 0 Å². The van der Waals surface area contributed by atoms with Crippen LogP contribution in [-0.4, -0.2) is 30.5 Å². The van der Waals surface area contributed by atoms with E-state index in [1.165, 1.54) is 0 Å². The van der Waals surface area contributed by atoms with E-state index >= 15 is 0 Å². The quantitative estimate of drug-likeness (QED) is 0.717. The summed E-state index contributed by atoms with van der Waals surface area (Å²) in [4.78, 5) is 0. The molecule has 1 aliphatic rings. The maximum Gasteiger partial charge on any atom is 0.0835 e. The van der Waals surface area contributed by atoms with E-state index in [1.54, 1.807) is 0 Å². The highest BCUT2D eigenvalue weighted by atomic mass is 16.6. The Labute approximate surface area is 89.6 Å². The Kier molecular flexibility index (Phi) is 3.72. The van der Waals surface area contributed by atoms with Crippen molar-refractivity contribution in [1.29, 1.82) is 0 Å². The second-order valence-electron chi connectivity index (χ2n) is 3.85. The van der Waals surface area contributed by atoms with Crippen molar-refractivity contribution in [3.05, 3.63) is 35.9 Å². The standard InChI is InChI=1S/C12H16O3/c13-11(6-12-9-15-12)8-14-7-10-4-2-1-3-5-10/h1-5,11-13H,6-9H2/t11-,12-/m0/s1. The van der Waals surface area contributed by atoms with Gasteiger partial charge in [0.2, 0.25) is 0 Å². The maximum absolute atomic E-state index is 9.53. The average molecular weight is 208 g/mol. The third kappa shape index (κ3) is 4.00. The Morgan fingerprint density at radius 2 is 2.13 bits per heavy atom. The molecule has 2 atom stereocenters. The molecule has 0 amide bonds. The minimum Gasteiger partial charge on any atom is -0.391 e. The molecule has 0 spiro atoms. The SMILES string of the molecule is O[C@H](COCc1ccccc1)C[C@H]1CO1. The summed E-state index contributed by atoms with van der Waals surface area (Å²) < 4.78 is 10.4. The zero-order chi connectivity index (χ0) is 10.5. The van der Waals surface area contributed by atoms with E-state index in [0.717, 1.165) is 12.2 Å². The van der Waals surface area contributed by atoms with Crippen LogP contribution >= 0.6 is 0 Å². The number of ether oxygens (including phenoxy) is 2. The van der Waals surface area contributed by atoms with Gasteiger partial charge in [0.1, 0.15) is 0 Å². The molecule has 1 N–H and O–H groups in total. The summed E-state index contributed by atoms with van der Waals surface area (Å²) in [5.41, 5.74) is 1.13. The summed E-state index contributed by atoms with van der Waals surface area (Å²) >= 11 is 0. The fourth-order valence-corrected chi connectivity index (χ4v) is 1.46. The minimum absolute atomic E-state index is 0.264. The molecule has 82 valence electrons. The monoisotopic (exact) mass is 208 g/mol. The van der Waals surface area contributed by atoms with E-state index in [-0.39, 0.29) is 6.10 Å². The third-order valence-corrected chi connectivity index (χ3v) is 2.36. The Hall–Kier alpha value is -0.900. The van der Waals surface area contributed by atoms with Crippen molar-refractivity contribution in [3.63, 3.8) is 0 Å². The molecule has 0 bridgehead atoms. The molecule has 0 radical (unpaired) electrons. The third-order valence-electron chi connectivity index (χ3n) is 2.36. The van der Waals surface area contributed by atoms with Gasteiger partial charge in [-0.05, 0) is 5.56 Å².